The van der Waals surface area contributed by atoms with Gasteiger partial charge in [-0.3, -0.25) is 4.99 Å². The van der Waals surface area contributed by atoms with Gasteiger partial charge in [0.1, 0.15) is 0 Å². The molecule has 0 unspecified atom stereocenters. The molecule has 0 N–H and O–H groups in total. The Morgan fingerprint density at radius 2 is 1.93 bits per heavy atom. The van der Waals surface area contributed by atoms with Gasteiger partial charge in [-0.2, -0.15) is 0 Å². The van der Waals surface area contributed by atoms with Gasteiger partial charge in [0.15, 0.2) is 0 Å². The summed E-state index contributed by atoms with van der Waals surface area (Å²) in [5.74, 6) is 0. The lowest BCUT2D eigenvalue weighted by molar-refractivity contribution is 0.565. The topological polar surface area (TPSA) is 15.6 Å². The van der Waals surface area contributed by atoms with E-state index in [-0.39, 0.29) is 0 Å². The zero-order valence-electron chi connectivity index (χ0n) is 9.22. The summed E-state index contributed by atoms with van der Waals surface area (Å²) in [5.41, 5.74) is 2.03. The molecule has 2 heteroatoms. The van der Waals surface area contributed by atoms with E-state index in [1.54, 1.807) is 12.3 Å². The molecule has 15 heavy (non-hydrogen) atoms. The van der Waals surface area contributed by atoms with Crippen LogP contribution in [0.3, 0.4) is 0 Å². The highest BCUT2D eigenvalue weighted by molar-refractivity contribution is 5.79. The molecule has 2 nitrogen and oxygen atoms in total. The van der Waals surface area contributed by atoms with Crippen molar-refractivity contribution in [2.45, 2.75) is 0 Å². The third-order valence-electron chi connectivity index (χ3n) is 1.77. The van der Waals surface area contributed by atoms with Crippen molar-refractivity contribution in [1.29, 1.82) is 0 Å². The standard InChI is InChI=1S/C13H16N2/c1-4-10-14-13(11-15(2)3)12-8-6-5-7-9-12/h4-11H,1H2,2-3H3/b13-11-,14-10?. The van der Waals surface area contributed by atoms with Crippen LogP contribution in [-0.4, -0.2) is 25.2 Å². The van der Waals surface area contributed by atoms with E-state index in [0.29, 0.717) is 0 Å². The average molecular weight is 200 g/mol. The summed E-state index contributed by atoms with van der Waals surface area (Å²) in [6.07, 6.45) is 5.35. The molecule has 1 aromatic rings. The molecule has 0 fully saturated rings. The first-order valence-corrected chi connectivity index (χ1v) is 4.83. The maximum absolute atomic E-state index is 4.33. The molecule has 0 amide bonds. The molecule has 0 saturated heterocycles. The molecule has 0 spiro atoms. The van der Waals surface area contributed by atoms with E-state index in [9.17, 15) is 0 Å². The van der Waals surface area contributed by atoms with Crippen molar-refractivity contribution in [3.05, 3.63) is 54.8 Å². The largest absolute Gasteiger partial charge is 0.382 e. The van der Waals surface area contributed by atoms with E-state index >= 15 is 0 Å². The van der Waals surface area contributed by atoms with Gasteiger partial charge in [0, 0.05) is 32.1 Å². The quantitative estimate of drug-likeness (QED) is 0.682. The molecule has 78 valence electrons. The maximum Gasteiger partial charge on any atom is 0.0860 e. The number of benzene rings is 1. The summed E-state index contributed by atoms with van der Waals surface area (Å²) in [4.78, 5) is 6.30. The van der Waals surface area contributed by atoms with Crippen LogP contribution >= 0.6 is 0 Å². The Hall–Kier alpha value is -1.83. The Kier molecular flexibility index (Phi) is 4.35. The van der Waals surface area contributed by atoms with E-state index in [4.69, 9.17) is 0 Å². The number of hydrogen-bond acceptors (Lipinski definition) is 2. The molecule has 0 aliphatic rings. The SMILES string of the molecule is C=CC=N/C(=C\N(C)C)c1ccccc1. The summed E-state index contributed by atoms with van der Waals surface area (Å²) in [7, 11) is 3.96. The molecule has 0 atom stereocenters. The Morgan fingerprint density at radius 1 is 1.27 bits per heavy atom. The second-order valence-corrected chi connectivity index (χ2v) is 3.36. The van der Waals surface area contributed by atoms with Gasteiger partial charge in [-0.1, -0.05) is 43.0 Å². The first-order valence-electron chi connectivity index (χ1n) is 4.83. The number of nitrogens with zero attached hydrogens (tertiary/aromatic N) is 2. The molecule has 0 aliphatic heterocycles. The van der Waals surface area contributed by atoms with Crippen molar-refractivity contribution in [2.24, 2.45) is 4.99 Å². The molecule has 0 aliphatic carbocycles. The third-order valence-corrected chi connectivity index (χ3v) is 1.77. The second-order valence-electron chi connectivity index (χ2n) is 3.36. The van der Waals surface area contributed by atoms with Crippen molar-refractivity contribution in [1.82, 2.24) is 4.90 Å². The van der Waals surface area contributed by atoms with Crippen LogP contribution in [-0.2, 0) is 0 Å². The lowest BCUT2D eigenvalue weighted by Crippen LogP contribution is -2.02. The fourth-order valence-corrected chi connectivity index (χ4v) is 1.17. The molecular weight excluding hydrogens is 184 g/mol. The minimum atomic E-state index is 0.931. The zero-order chi connectivity index (χ0) is 11.1. The fraction of sp³-hybridized carbons (Fsp3) is 0.154. The Bertz CT molecular complexity index is 361. The first kappa shape index (κ1) is 11.2. The number of aliphatic imine (C=N–C) groups is 1. The van der Waals surface area contributed by atoms with Crippen LogP contribution in [0.25, 0.3) is 5.70 Å². The number of hydrogen-bond donors (Lipinski definition) is 0. The summed E-state index contributed by atoms with van der Waals surface area (Å²) >= 11 is 0. The third kappa shape index (κ3) is 3.81. The van der Waals surface area contributed by atoms with Gasteiger partial charge in [0.05, 0.1) is 5.70 Å². The summed E-state index contributed by atoms with van der Waals surface area (Å²) in [6, 6.07) is 10.1. The van der Waals surface area contributed by atoms with Gasteiger partial charge in [-0.05, 0) is 0 Å². The highest BCUT2D eigenvalue weighted by atomic mass is 15.0. The van der Waals surface area contributed by atoms with E-state index in [1.165, 1.54) is 0 Å². The predicted octanol–water partition coefficient (Wildman–Crippen LogP) is 2.80. The minimum absolute atomic E-state index is 0.931. The van der Waals surface area contributed by atoms with Gasteiger partial charge in [0.2, 0.25) is 0 Å². The smallest absolute Gasteiger partial charge is 0.0860 e. The van der Waals surface area contributed by atoms with Crippen LogP contribution in [0.5, 0.6) is 0 Å². The van der Waals surface area contributed by atoms with Crippen LogP contribution in [0.1, 0.15) is 5.56 Å². The van der Waals surface area contributed by atoms with Crippen molar-refractivity contribution in [2.75, 3.05) is 14.1 Å². The summed E-state index contributed by atoms with van der Waals surface area (Å²) in [5, 5.41) is 0. The van der Waals surface area contributed by atoms with Gasteiger partial charge in [-0.25, -0.2) is 0 Å². The summed E-state index contributed by atoms with van der Waals surface area (Å²) in [6.45, 7) is 3.62. The summed E-state index contributed by atoms with van der Waals surface area (Å²) < 4.78 is 0. The normalized spacial score (nSPS) is 11.7. The lowest BCUT2D eigenvalue weighted by atomic mass is 10.2. The van der Waals surface area contributed by atoms with Crippen LogP contribution < -0.4 is 0 Å². The Morgan fingerprint density at radius 3 is 2.47 bits per heavy atom. The van der Waals surface area contributed by atoms with Crippen LogP contribution in [0.15, 0.2) is 54.2 Å². The number of allylic oxidation sites excluding steroid dienone is 1. The minimum Gasteiger partial charge on any atom is -0.382 e. The van der Waals surface area contributed by atoms with Crippen molar-refractivity contribution >= 4 is 11.9 Å². The Labute approximate surface area is 91.3 Å². The van der Waals surface area contributed by atoms with Crippen LogP contribution in [0, 0.1) is 0 Å². The lowest BCUT2D eigenvalue weighted by Gasteiger charge is -2.08. The van der Waals surface area contributed by atoms with Crippen LogP contribution in [0.2, 0.25) is 0 Å². The Balaban J connectivity index is 3.02. The molecule has 0 radical (unpaired) electrons. The highest BCUT2D eigenvalue weighted by Gasteiger charge is 1.97. The van der Waals surface area contributed by atoms with Gasteiger partial charge in [-0.15, -0.1) is 0 Å². The van der Waals surface area contributed by atoms with Crippen molar-refractivity contribution < 1.29 is 0 Å². The van der Waals surface area contributed by atoms with E-state index in [0.717, 1.165) is 11.3 Å². The van der Waals surface area contributed by atoms with Crippen LogP contribution in [0.4, 0.5) is 0 Å². The zero-order valence-corrected chi connectivity index (χ0v) is 9.22. The number of rotatable bonds is 4. The monoisotopic (exact) mass is 200 g/mol. The second kappa shape index (κ2) is 5.81. The molecule has 1 aromatic carbocycles. The van der Waals surface area contributed by atoms with Gasteiger partial charge < -0.3 is 4.90 Å². The van der Waals surface area contributed by atoms with E-state index in [1.807, 2.05) is 55.5 Å². The van der Waals surface area contributed by atoms with Gasteiger partial charge in [0.25, 0.3) is 0 Å². The average Bonchev–Trinajstić information content (AvgIpc) is 2.25. The molecule has 0 heterocycles. The first-order chi connectivity index (χ1) is 7.24. The van der Waals surface area contributed by atoms with E-state index < -0.39 is 0 Å². The molecule has 0 bridgehead atoms. The fourth-order valence-electron chi connectivity index (χ4n) is 1.17. The van der Waals surface area contributed by atoms with E-state index in [2.05, 4.69) is 11.6 Å². The molecule has 0 saturated carbocycles. The van der Waals surface area contributed by atoms with Crippen molar-refractivity contribution in [3.63, 3.8) is 0 Å². The molecule has 0 aromatic heterocycles. The van der Waals surface area contributed by atoms with Gasteiger partial charge >= 0.3 is 0 Å². The maximum atomic E-state index is 4.33. The van der Waals surface area contributed by atoms with Crippen molar-refractivity contribution in [3.8, 4) is 0 Å². The predicted molar refractivity (Wildman–Crippen MR) is 66.8 cm³/mol. The molecule has 1 rings (SSSR count). The molecular formula is C13H16N2. The highest BCUT2D eigenvalue weighted by Crippen LogP contribution is 2.15.